The van der Waals surface area contributed by atoms with Gasteiger partial charge in [-0.25, -0.2) is 0 Å². The fraction of sp³-hybridized carbons (Fsp3) is 0. The number of hydrogen-bond acceptors (Lipinski definition) is 1. The summed E-state index contributed by atoms with van der Waals surface area (Å²) in [5, 5.41) is 10.1. The van der Waals surface area contributed by atoms with Crippen LogP contribution in [0.5, 0.6) is 11.5 Å². The van der Waals surface area contributed by atoms with E-state index in [4.69, 9.17) is 4.74 Å². The third kappa shape index (κ3) is 2.58. The second kappa shape index (κ2) is 6.94. The van der Waals surface area contributed by atoms with Gasteiger partial charge in [-0.3, -0.25) is 0 Å². The van der Waals surface area contributed by atoms with Gasteiger partial charge in [-0.15, -0.1) is 0 Å². The predicted molar refractivity (Wildman–Crippen MR) is 147 cm³/mol. The number of hydrogen-bond donors (Lipinski definition) is 0. The Morgan fingerprint density at radius 1 is 0.371 bits per heavy atom. The van der Waals surface area contributed by atoms with Crippen molar-refractivity contribution in [3.05, 3.63) is 121 Å². The van der Waals surface area contributed by atoms with Gasteiger partial charge >= 0.3 is 0 Å². The first kappa shape index (κ1) is 18.8. The molecule has 162 valence electrons. The maximum Gasteiger partial charge on any atom is 0.135 e. The number of rotatable bonds is 1. The lowest BCUT2D eigenvalue weighted by Gasteiger charge is -2.23. The number of para-hydroxylation sites is 1. The average molecular weight is 445 g/mol. The SMILES string of the molecule is c1ccc2c(c1)Oc1ccc(-c3c4ccccc4cc4c3ccc3ccccc34)c3cccc-2c13. The minimum Gasteiger partial charge on any atom is -0.456 e. The topological polar surface area (TPSA) is 9.23 Å². The predicted octanol–water partition coefficient (Wildman–Crippen LogP) is 9.74. The first-order valence-electron chi connectivity index (χ1n) is 12.0. The van der Waals surface area contributed by atoms with Crippen molar-refractivity contribution in [3.63, 3.8) is 0 Å². The molecule has 0 saturated heterocycles. The molecule has 0 radical (unpaired) electrons. The van der Waals surface area contributed by atoms with E-state index >= 15 is 0 Å². The molecular formula is C34H20O. The van der Waals surface area contributed by atoms with E-state index in [-0.39, 0.29) is 0 Å². The highest BCUT2D eigenvalue weighted by Crippen LogP contribution is 2.50. The van der Waals surface area contributed by atoms with Gasteiger partial charge in [0.1, 0.15) is 11.5 Å². The minimum atomic E-state index is 0.919. The van der Waals surface area contributed by atoms with Gasteiger partial charge in [0, 0.05) is 10.9 Å². The first-order valence-corrected chi connectivity index (χ1v) is 12.0. The lowest BCUT2D eigenvalue weighted by molar-refractivity contribution is 0.487. The summed E-state index contributed by atoms with van der Waals surface area (Å²) in [6, 6.07) is 43.6. The monoisotopic (exact) mass is 444 g/mol. The molecule has 0 aromatic heterocycles. The van der Waals surface area contributed by atoms with Crippen LogP contribution in [0.4, 0.5) is 0 Å². The Labute approximate surface area is 202 Å². The average Bonchev–Trinajstić information content (AvgIpc) is 2.92. The normalized spacial score (nSPS) is 12.2. The van der Waals surface area contributed by atoms with E-state index in [1.165, 1.54) is 59.8 Å². The second-order valence-corrected chi connectivity index (χ2v) is 9.29. The van der Waals surface area contributed by atoms with Crippen molar-refractivity contribution in [2.45, 2.75) is 0 Å². The van der Waals surface area contributed by atoms with Crippen molar-refractivity contribution in [3.8, 4) is 33.8 Å². The number of ether oxygens (including phenoxy) is 1. The van der Waals surface area contributed by atoms with E-state index < -0.39 is 0 Å². The zero-order valence-corrected chi connectivity index (χ0v) is 19.0. The van der Waals surface area contributed by atoms with Crippen LogP contribution in [-0.4, -0.2) is 0 Å². The van der Waals surface area contributed by atoms with Gasteiger partial charge in [0.15, 0.2) is 0 Å². The fourth-order valence-corrected chi connectivity index (χ4v) is 5.91. The largest absolute Gasteiger partial charge is 0.456 e. The fourth-order valence-electron chi connectivity index (χ4n) is 5.91. The zero-order chi connectivity index (χ0) is 22.9. The van der Waals surface area contributed by atoms with E-state index in [2.05, 4.69) is 109 Å². The summed E-state index contributed by atoms with van der Waals surface area (Å²) < 4.78 is 6.37. The zero-order valence-electron chi connectivity index (χ0n) is 19.0. The summed E-state index contributed by atoms with van der Waals surface area (Å²) in [6.07, 6.45) is 0. The molecule has 1 aliphatic rings. The van der Waals surface area contributed by atoms with E-state index in [1.807, 2.05) is 12.1 Å². The quantitative estimate of drug-likeness (QED) is 0.181. The minimum absolute atomic E-state index is 0.919. The molecule has 0 saturated carbocycles. The highest BCUT2D eigenvalue weighted by Gasteiger charge is 2.22. The second-order valence-electron chi connectivity index (χ2n) is 9.29. The van der Waals surface area contributed by atoms with Crippen molar-refractivity contribution in [2.24, 2.45) is 0 Å². The lowest BCUT2D eigenvalue weighted by atomic mass is 9.86. The van der Waals surface area contributed by atoms with Crippen molar-refractivity contribution < 1.29 is 4.74 Å². The molecule has 0 N–H and O–H groups in total. The van der Waals surface area contributed by atoms with Crippen LogP contribution >= 0.6 is 0 Å². The standard InChI is InChI=1S/C34H20O/c1-3-10-23-21(8-1)16-17-29-30(23)20-22-9-2-4-11-24(22)33(29)28-18-19-32-34-26(13-7-14-27(28)34)25-12-5-6-15-31(25)35-32/h1-20H. The van der Waals surface area contributed by atoms with Gasteiger partial charge in [-0.1, -0.05) is 97.1 Å². The molecule has 1 aliphatic heterocycles. The van der Waals surface area contributed by atoms with Crippen molar-refractivity contribution in [2.75, 3.05) is 0 Å². The van der Waals surface area contributed by atoms with Crippen LogP contribution in [0, 0.1) is 0 Å². The Morgan fingerprint density at radius 3 is 2.06 bits per heavy atom. The third-order valence-corrected chi connectivity index (χ3v) is 7.44. The molecular weight excluding hydrogens is 424 g/mol. The number of benzene rings is 7. The molecule has 0 fully saturated rings. The molecule has 0 unspecified atom stereocenters. The van der Waals surface area contributed by atoms with Crippen molar-refractivity contribution >= 4 is 43.1 Å². The van der Waals surface area contributed by atoms with Crippen LogP contribution in [0.25, 0.3) is 65.3 Å². The van der Waals surface area contributed by atoms with Gasteiger partial charge in [0.25, 0.3) is 0 Å². The molecule has 0 spiro atoms. The molecule has 7 aromatic carbocycles. The summed E-state index contributed by atoms with van der Waals surface area (Å²) in [7, 11) is 0. The Balaban J connectivity index is 1.55. The molecule has 7 aromatic rings. The van der Waals surface area contributed by atoms with Crippen LogP contribution in [0.3, 0.4) is 0 Å². The van der Waals surface area contributed by atoms with Gasteiger partial charge in [0.05, 0.1) is 0 Å². The molecule has 0 amide bonds. The maximum atomic E-state index is 6.37. The smallest absolute Gasteiger partial charge is 0.135 e. The summed E-state index contributed by atoms with van der Waals surface area (Å²) in [5.74, 6) is 1.84. The lowest BCUT2D eigenvalue weighted by Crippen LogP contribution is -1.98. The van der Waals surface area contributed by atoms with Crippen LogP contribution in [0.1, 0.15) is 0 Å². The van der Waals surface area contributed by atoms with Crippen LogP contribution in [0.15, 0.2) is 121 Å². The van der Waals surface area contributed by atoms with E-state index in [0.717, 1.165) is 17.1 Å². The molecule has 0 bridgehead atoms. The highest BCUT2D eigenvalue weighted by molar-refractivity contribution is 6.23. The third-order valence-electron chi connectivity index (χ3n) is 7.44. The molecule has 1 nitrogen and oxygen atoms in total. The summed E-state index contributed by atoms with van der Waals surface area (Å²) in [6.45, 7) is 0. The Bertz CT molecular complexity index is 1980. The number of fused-ring (bicyclic) bond motifs is 6. The molecule has 0 atom stereocenters. The molecule has 8 rings (SSSR count). The van der Waals surface area contributed by atoms with Crippen LogP contribution in [-0.2, 0) is 0 Å². The van der Waals surface area contributed by atoms with E-state index in [1.54, 1.807) is 0 Å². The molecule has 1 heteroatoms. The summed E-state index contributed by atoms with van der Waals surface area (Å²) in [5.41, 5.74) is 4.91. The first-order chi connectivity index (χ1) is 17.4. The van der Waals surface area contributed by atoms with Gasteiger partial charge in [0.2, 0.25) is 0 Å². The molecule has 1 heterocycles. The van der Waals surface area contributed by atoms with E-state index in [9.17, 15) is 0 Å². The van der Waals surface area contributed by atoms with Crippen LogP contribution in [0.2, 0.25) is 0 Å². The van der Waals surface area contributed by atoms with Crippen molar-refractivity contribution in [1.82, 2.24) is 0 Å². The summed E-state index contributed by atoms with van der Waals surface area (Å²) in [4.78, 5) is 0. The maximum absolute atomic E-state index is 6.37. The Kier molecular flexibility index (Phi) is 3.72. The van der Waals surface area contributed by atoms with Crippen molar-refractivity contribution in [1.29, 1.82) is 0 Å². The Morgan fingerprint density at radius 2 is 1.11 bits per heavy atom. The van der Waals surface area contributed by atoms with Gasteiger partial charge in [-0.2, -0.15) is 0 Å². The van der Waals surface area contributed by atoms with Gasteiger partial charge < -0.3 is 4.74 Å². The highest BCUT2D eigenvalue weighted by atomic mass is 16.5. The van der Waals surface area contributed by atoms with E-state index in [0.29, 0.717) is 0 Å². The Hall–Kier alpha value is -4.62. The molecule has 35 heavy (non-hydrogen) atoms. The summed E-state index contributed by atoms with van der Waals surface area (Å²) >= 11 is 0. The van der Waals surface area contributed by atoms with Crippen LogP contribution < -0.4 is 4.74 Å². The van der Waals surface area contributed by atoms with Gasteiger partial charge in [-0.05, 0) is 78.7 Å². The molecule has 0 aliphatic carbocycles.